The van der Waals surface area contributed by atoms with Crippen LogP contribution in [0.3, 0.4) is 0 Å². The van der Waals surface area contributed by atoms with Crippen molar-refractivity contribution in [2.45, 2.75) is 329 Å². The van der Waals surface area contributed by atoms with Crippen molar-refractivity contribution in [1.82, 2.24) is 0 Å². The Labute approximate surface area is 618 Å². The molecule has 5 atom stereocenters. The van der Waals surface area contributed by atoms with E-state index in [0.717, 1.165) is 167 Å². The number of esters is 4. The Hall–Kier alpha value is -4.80. The molecule has 0 radical (unpaired) electrons. The predicted molar refractivity (Wildman–Crippen MR) is 418 cm³/mol. The van der Waals surface area contributed by atoms with Gasteiger partial charge in [0.2, 0.25) is 0 Å². The first-order chi connectivity index (χ1) is 49.7. The molecule has 0 bridgehead atoms. The lowest BCUT2D eigenvalue weighted by Gasteiger charge is -2.21. The van der Waals surface area contributed by atoms with Crippen molar-refractivity contribution in [3.05, 3.63) is 134 Å². The standard InChI is InChI=1S/C83H140O17P2/c1-5-9-13-17-21-25-29-33-37-38-42-44-48-52-56-60-64-68-81(86)94-74-79(100-83(88)70-66-62-58-54-50-46-41-36-32-28-24-20-16-12-8-4)76-98-102(91,92)96-72-77(84)71-95-101(89,90)97-75-78(99-82(87)69-65-61-57-53-49-45-40-35-31-27-23-19-15-11-7-3)73-93-80(85)67-63-59-55-51-47-43-39-34-30-26-22-18-14-10-6-2/h9-11,13-15,21-23,25-27,33-35,37,39-40,47,51,59,63,77-79,84H,5-8,12,16-20,24,28-32,36,38,41-46,48-50,52-58,60-62,64-76H2,1-4H3,(H,89,90)(H,91,92)/b13-9-,14-10-,15-11-,25-21-,26-22-,27-23-,37-33-,39-34-,40-35-,51-47-,63-59-. The van der Waals surface area contributed by atoms with Crippen LogP contribution in [0.1, 0.15) is 310 Å². The van der Waals surface area contributed by atoms with Crippen LogP contribution < -0.4 is 0 Å². The van der Waals surface area contributed by atoms with Gasteiger partial charge in [-0.2, -0.15) is 0 Å². The Morgan fingerprint density at radius 2 is 0.549 bits per heavy atom. The van der Waals surface area contributed by atoms with E-state index in [1.54, 1.807) is 6.08 Å². The lowest BCUT2D eigenvalue weighted by atomic mass is 10.0. The number of aliphatic hydroxyl groups is 1. The number of unbranched alkanes of at least 4 members (excludes halogenated alkanes) is 26. The summed E-state index contributed by atoms with van der Waals surface area (Å²) < 4.78 is 68.5. The maximum atomic E-state index is 13.1. The SMILES string of the molecule is CC/C=C\C/C=C\C/C=C\C/C=C\C/C=C\CC(=O)OCC(COP(=O)(O)OCC(O)COP(=O)(O)OCC(COC(=O)CCCCCCCCC/C=C\C/C=C\C/C=C\CC)OC(=O)CCCCCCCCCCCCCCCCC)OC(=O)CCCCCCC/C=C\C/C=C\C/C=C\CC. The van der Waals surface area contributed by atoms with Crippen LogP contribution in [0.4, 0.5) is 0 Å². The highest BCUT2D eigenvalue weighted by atomic mass is 31.2. The normalized spacial score (nSPS) is 14.6. The van der Waals surface area contributed by atoms with Crippen molar-refractivity contribution in [2.75, 3.05) is 39.6 Å². The van der Waals surface area contributed by atoms with E-state index >= 15 is 0 Å². The zero-order valence-corrected chi connectivity index (χ0v) is 65.5. The maximum absolute atomic E-state index is 13.1. The first-order valence-electron chi connectivity index (χ1n) is 39.4. The first kappa shape index (κ1) is 97.2. The number of rotatable bonds is 73. The van der Waals surface area contributed by atoms with Crippen LogP contribution in [0, 0.1) is 0 Å². The van der Waals surface area contributed by atoms with Crippen LogP contribution in [0.15, 0.2) is 134 Å². The zero-order chi connectivity index (χ0) is 74.6. The molecule has 0 aromatic carbocycles. The van der Waals surface area contributed by atoms with E-state index in [-0.39, 0.29) is 25.7 Å². The van der Waals surface area contributed by atoms with E-state index in [1.807, 2.05) is 18.2 Å². The molecule has 0 aliphatic heterocycles. The van der Waals surface area contributed by atoms with Crippen molar-refractivity contribution >= 4 is 39.5 Å². The molecule has 0 spiro atoms. The summed E-state index contributed by atoms with van der Waals surface area (Å²) in [5.74, 6) is -2.35. The molecule has 0 aromatic heterocycles. The van der Waals surface area contributed by atoms with E-state index in [2.05, 4.69) is 137 Å². The highest BCUT2D eigenvalue weighted by Gasteiger charge is 2.30. The molecular formula is C83H140O17P2. The van der Waals surface area contributed by atoms with Crippen molar-refractivity contribution in [3.63, 3.8) is 0 Å². The second-order valence-electron chi connectivity index (χ2n) is 25.9. The number of allylic oxidation sites excluding steroid dienone is 21. The number of ether oxygens (including phenoxy) is 4. The number of hydrogen-bond donors (Lipinski definition) is 3. The summed E-state index contributed by atoms with van der Waals surface area (Å²) in [7, 11) is -9.99. The number of carbonyl (C=O) groups is 4. The second-order valence-corrected chi connectivity index (χ2v) is 28.8. The molecule has 0 aliphatic carbocycles. The van der Waals surface area contributed by atoms with Gasteiger partial charge in [-0.05, 0) is 116 Å². The second kappa shape index (κ2) is 74.5. The van der Waals surface area contributed by atoms with E-state index in [9.17, 15) is 43.2 Å². The van der Waals surface area contributed by atoms with Gasteiger partial charge in [0, 0.05) is 19.3 Å². The van der Waals surface area contributed by atoms with Gasteiger partial charge in [-0.25, -0.2) is 9.13 Å². The van der Waals surface area contributed by atoms with Gasteiger partial charge >= 0.3 is 39.5 Å². The maximum Gasteiger partial charge on any atom is 0.472 e. The summed E-state index contributed by atoms with van der Waals surface area (Å²) in [5, 5.41) is 10.6. The largest absolute Gasteiger partial charge is 0.472 e. The van der Waals surface area contributed by atoms with Gasteiger partial charge < -0.3 is 33.8 Å². The topological polar surface area (TPSA) is 237 Å². The average molecular weight is 1470 g/mol. The van der Waals surface area contributed by atoms with Crippen LogP contribution in [-0.4, -0.2) is 96.7 Å². The summed E-state index contributed by atoms with van der Waals surface area (Å²) in [5.41, 5.74) is 0. The molecule has 0 saturated heterocycles. The fourth-order valence-electron chi connectivity index (χ4n) is 10.3. The predicted octanol–water partition coefficient (Wildman–Crippen LogP) is 22.9. The lowest BCUT2D eigenvalue weighted by molar-refractivity contribution is -0.161. The van der Waals surface area contributed by atoms with Crippen LogP contribution in [0.25, 0.3) is 0 Å². The highest BCUT2D eigenvalue weighted by molar-refractivity contribution is 7.47. The Morgan fingerprint density at radius 3 is 0.873 bits per heavy atom. The van der Waals surface area contributed by atoms with Gasteiger partial charge in [-0.3, -0.25) is 37.3 Å². The van der Waals surface area contributed by atoms with Gasteiger partial charge in [0.15, 0.2) is 12.2 Å². The number of phosphoric acid groups is 2. The number of phosphoric ester groups is 2. The fraction of sp³-hybridized carbons (Fsp3) is 0.687. The van der Waals surface area contributed by atoms with Crippen molar-refractivity contribution in [2.24, 2.45) is 0 Å². The molecule has 102 heavy (non-hydrogen) atoms. The highest BCUT2D eigenvalue weighted by Crippen LogP contribution is 2.45. The third kappa shape index (κ3) is 73.5. The Bertz CT molecular complexity index is 2460. The molecule has 0 heterocycles. The van der Waals surface area contributed by atoms with Crippen LogP contribution in [0.5, 0.6) is 0 Å². The minimum Gasteiger partial charge on any atom is -0.462 e. The molecule has 584 valence electrons. The molecule has 0 aliphatic rings. The zero-order valence-electron chi connectivity index (χ0n) is 63.7. The van der Waals surface area contributed by atoms with E-state index in [4.69, 9.17) is 37.0 Å². The molecule has 0 saturated carbocycles. The number of aliphatic hydroxyl groups excluding tert-OH is 1. The van der Waals surface area contributed by atoms with E-state index < -0.39 is 97.5 Å². The molecule has 17 nitrogen and oxygen atoms in total. The summed E-state index contributed by atoms with van der Waals surface area (Å²) >= 11 is 0. The van der Waals surface area contributed by atoms with E-state index in [0.29, 0.717) is 25.7 Å². The van der Waals surface area contributed by atoms with Crippen LogP contribution >= 0.6 is 15.6 Å². The minimum atomic E-state index is -5.00. The van der Waals surface area contributed by atoms with E-state index in [1.165, 1.54) is 64.2 Å². The molecule has 0 aromatic rings. The average Bonchev–Trinajstić information content (AvgIpc) is 0.926. The smallest absolute Gasteiger partial charge is 0.462 e. The Balaban J connectivity index is 5.43. The molecule has 0 amide bonds. The molecule has 3 N–H and O–H groups in total. The lowest BCUT2D eigenvalue weighted by Crippen LogP contribution is -2.30. The summed E-state index contributed by atoms with van der Waals surface area (Å²) in [6.07, 6.45) is 83.2. The molecule has 19 heteroatoms. The summed E-state index contributed by atoms with van der Waals surface area (Å²) in [6, 6.07) is 0. The van der Waals surface area contributed by atoms with Crippen LogP contribution in [0.2, 0.25) is 0 Å². The molecular weight excluding hydrogens is 1330 g/mol. The summed E-state index contributed by atoms with van der Waals surface area (Å²) in [6.45, 7) is 4.41. The summed E-state index contributed by atoms with van der Waals surface area (Å²) in [4.78, 5) is 72.9. The first-order valence-corrected chi connectivity index (χ1v) is 42.4. The molecule has 5 unspecified atom stereocenters. The van der Waals surface area contributed by atoms with Gasteiger partial charge in [-0.15, -0.1) is 0 Å². The monoisotopic (exact) mass is 1470 g/mol. The molecule has 0 rings (SSSR count). The van der Waals surface area contributed by atoms with Gasteiger partial charge in [-0.1, -0.05) is 303 Å². The fourth-order valence-corrected chi connectivity index (χ4v) is 11.8. The Morgan fingerprint density at radius 1 is 0.294 bits per heavy atom. The minimum absolute atomic E-state index is 0.0532. The van der Waals surface area contributed by atoms with Crippen molar-refractivity contribution in [3.8, 4) is 0 Å². The third-order valence-corrected chi connectivity index (χ3v) is 18.1. The third-order valence-electron chi connectivity index (χ3n) is 16.2. The van der Waals surface area contributed by atoms with Gasteiger partial charge in [0.05, 0.1) is 32.8 Å². The number of hydrogen-bond acceptors (Lipinski definition) is 15. The molecule has 0 fully saturated rings. The van der Waals surface area contributed by atoms with Gasteiger partial charge in [0.1, 0.15) is 19.3 Å². The van der Waals surface area contributed by atoms with Crippen LogP contribution in [-0.2, 0) is 65.4 Å². The quantitative estimate of drug-likeness (QED) is 0.0169. The van der Waals surface area contributed by atoms with Crippen molar-refractivity contribution in [1.29, 1.82) is 0 Å². The number of carbonyl (C=O) groups excluding carboxylic acids is 4. The Kier molecular flexibility index (Phi) is 71.0. The van der Waals surface area contributed by atoms with Crippen molar-refractivity contribution < 1.29 is 80.2 Å². The van der Waals surface area contributed by atoms with Gasteiger partial charge in [0.25, 0.3) is 0 Å².